The van der Waals surface area contributed by atoms with Crippen LogP contribution in [0.25, 0.3) is 16.7 Å². The molecule has 2 heterocycles. The van der Waals surface area contributed by atoms with Gasteiger partial charge in [0.1, 0.15) is 11.0 Å². The zero-order chi connectivity index (χ0) is 13.9. The summed E-state index contributed by atoms with van der Waals surface area (Å²) in [5.74, 6) is 0. The minimum atomic E-state index is -4.38. The first-order chi connectivity index (χ1) is 9.54. The van der Waals surface area contributed by atoms with Gasteiger partial charge in [-0.3, -0.25) is 0 Å². The number of rotatable bonds is 0. The van der Waals surface area contributed by atoms with Crippen LogP contribution in [0.3, 0.4) is 0 Å². The monoisotopic (exact) mass is 293 g/mol. The number of fused-ring (bicyclic) bond motifs is 2. The van der Waals surface area contributed by atoms with Crippen LogP contribution in [0, 0.1) is 0 Å². The normalized spacial score (nSPS) is 13.6. The molecule has 0 unspecified atom stereocenters. The molecule has 3 aromatic rings. The lowest BCUT2D eigenvalue weighted by molar-refractivity contribution is -0.137. The van der Waals surface area contributed by atoms with Crippen molar-refractivity contribution in [2.45, 2.75) is 16.0 Å². The largest absolute Gasteiger partial charge is 0.416 e. The van der Waals surface area contributed by atoms with Gasteiger partial charge in [-0.25, -0.2) is 4.68 Å². The first kappa shape index (κ1) is 11.8. The summed E-state index contributed by atoms with van der Waals surface area (Å²) in [6.45, 7) is 0. The molecule has 0 N–H and O–H groups in total. The third kappa shape index (κ3) is 1.56. The summed E-state index contributed by atoms with van der Waals surface area (Å²) >= 11 is 1.31. The fourth-order valence-corrected chi connectivity index (χ4v) is 3.38. The van der Waals surface area contributed by atoms with Crippen molar-refractivity contribution in [3.05, 3.63) is 42.0 Å². The molecule has 0 radical (unpaired) electrons. The fourth-order valence-electron chi connectivity index (χ4n) is 2.27. The van der Waals surface area contributed by atoms with E-state index in [1.54, 1.807) is 4.68 Å². The Labute approximate surface area is 115 Å². The molecule has 0 bridgehead atoms. The van der Waals surface area contributed by atoms with Crippen LogP contribution in [0.15, 0.2) is 46.2 Å². The van der Waals surface area contributed by atoms with Gasteiger partial charge < -0.3 is 0 Å². The van der Waals surface area contributed by atoms with Crippen LogP contribution >= 0.6 is 11.8 Å². The predicted octanol–water partition coefficient (Wildman–Crippen LogP) is 3.90. The second-order valence-corrected chi connectivity index (χ2v) is 5.49. The second kappa shape index (κ2) is 3.76. The van der Waals surface area contributed by atoms with E-state index in [9.17, 15) is 13.2 Å². The molecule has 0 aliphatic carbocycles. The van der Waals surface area contributed by atoms with Gasteiger partial charge in [-0.05, 0) is 24.3 Å². The molecule has 1 aliphatic heterocycles. The SMILES string of the molecule is FC(F)(F)c1cc2c3c(c1)nnn3-c1ccccc1S2. The summed E-state index contributed by atoms with van der Waals surface area (Å²) in [6.07, 6.45) is -4.38. The number of halogens is 3. The first-order valence-electron chi connectivity index (χ1n) is 5.78. The highest BCUT2D eigenvalue weighted by Gasteiger charge is 2.33. The van der Waals surface area contributed by atoms with E-state index in [1.165, 1.54) is 11.8 Å². The summed E-state index contributed by atoms with van der Waals surface area (Å²) in [4.78, 5) is 1.39. The maximum Gasteiger partial charge on any atom is 0.416 e. The van der Waals surface area contributed by atoms with Crippen molar-refractivity contribution in [1.82, 2.24) is 15.0 Å². The van der Waals surface area contributed by atoms with Gasteiger partial charge in [-0.15, -0.1) is 5.10 Å². The van der Waals surface area contributed by atoms with E-state index in [2.05, 4.69) is 10.3 Å². The van der Waals surface area contributed by atoms with Gasteiger partial charge in [0.2, 0.25) is 0 Å². The number of hydrogen-bond acceptors (Lipinski definition) is 3. The lowest BCUT2D eigenvalue weighted by Gasteiger charge is -2.17. The molecule has 0 fully saturated rings. The quantitative estimate of drug-likeness (QED) is 0.492. The van der Waals surface area contributed by atoms with Crippen LogP contribution in [-0.2, 0) is 6.18 Å². The maximum atomic E-state index is 12.9. The van der Waals surface area contributed by atoms with E-state index in [0.29, 0.717) is 10.4 Å². The van der Waals surface area contributed by atoms with Crippen molar-refractivity contribution in [3.63, 3.8) is 0 Å². The van der Waals surface area contributed by atoms with Crippen molar-refractivity contribution in [2.75, 3.05) is 0 Å². The smallest absolute Gasteiger partial charge is 0.211 e. The molecule has 0 saturated heterocycles. The molecule has 100 valence electrons. The van der Waals surface area contributed by atoms with Gasteiger partial charge in [0.25, 0.3) is 0 Å². The molecule has 0 atom stereocenters. The van der Waals surface area contributed by atoms with E-state index in [4.69, 9.17) is 0 Å². The van der Waals surface area contributed by atoms with E-state index in [1.807, 2.05) is 24.3 Å². The van der Waals surface area contributed by atoms with Crippen molar-refractivity contribution >= 4 is 22.8 Å². The molecule has 0 saturated carbocycles. The summed E-state index contributed by atoms with van der Waals surface area (Å²) in [5, 5.41) is 7.84. The number of para-hydroxylation sites is 1. The Balaban J connectivity index is 2.06. The Morgan fingerprint density at radius 1 is 1.05 bits per heavy atom. The summed E-state index contributed by atoms with van der Waals surface area (Å²) in [7, 11) is 0. The number of alkyl halides is 3. The molecule has 3 nitrogen and oxygen atoms in total. The Hall–Kier alpha value is -2.02. The molecule has 2 aromatic carbocycles. The van der Waals surface area contributed by atoms with Gasteiger partial charge in [0.15, 0.2) is 0 Å². The van der Waals surface area contributed by atoms with E-state index >= 15 is 0 Å². The highest BCUT2D eigenvalue weighted by Crippen LogP contribution is 2.44. The van der Waals surface area contributed by atoms with Gasteiger partial charge in [0, 0.05) is 9.79 Å². The molecule has 4 rings (SSSR count). The molecular weight excluding hydrogens is 287 g/mol. The van der Waals surface area contributed by atoms with Crippen molar-refractivity contribution in [1.29, 1.82) is 0 Å². The van der Waals surface area contributed by atoms with Gasteiger partial charge in [0.05, 0.1) is 11.3 Å². The van der Waals surface area contributed by atoms with Crippen LogP contribution in [-0.4, -0.2) is 15.0 Å². The third-order valence-electron chi connectivity index (χ3n) is 3.15. The molecule has 1 aliphatic rings. The van der Waals surface area contributed by atoms with Crippen LogP contribution in [0.5, 0.6) is 0 Å². The van der Waals surface area contributed by atoms with E-state index in [0.717, 1.165) is 22.7 Å². The van der Waals surface area contributed by atoms with Crippen LogP contribution in [0.2, 0.25) is 0 Å². The average molecular weight is 293 g/mol. The molecular formula is C13H6F3N3S. The van der Waals surface area contributed by atoms with Crippen molar-refractivity contribution < 1.29 is 13.2 Å². The average Bonchev–Trinajstić information content (AvgIpc) is 2.83. The summed E-state index contributed by atoms with van der Waals surface area (Å²) < 4.78 is 40.3. The fraction of sp³-hybridized carbons (Fsp3) is 0.0769. The highest BCUT2D eigenvalue weighted by molar-refractivity contribution is 7.99. The van der Waals surface area contributed by atoms with E-state index < -0.39 is 11.7 Å². The second-order valence-electron chi connectivity index (χ2n) is 4.41. The van der Waals surface area contributed by atoms with Crippen molar-refractivity contribution in [3.8, 4) is 5.69 Å². The summed E-state index contributed by atoms with van der Waals surface area (Å²) in [5.41, 5.74) is 1.03. The number of aromatic nitrogens is 3. The lowest BCUT2D eigenvalue weighted by atomic mass is 10.2. The predicted molar refractivity (Wildman–Crippen MR) is 68.0 cm³/mol. The van der Waals surface area contributed by atoms with Gasteiger partial charge >= 0.3 is 6.18 Å². The zero-order valence-electron chi connectivity index (χ0n) is 9.85. The molecule has 7 heteroatoms. The minimum absolute atomic E-state index is 0.261. The Morgan fingerprint density at radius 2 is 1.85 bits per heavy atom. The van der Waals surface area contributed by atoms with Crippen LogP contribution in [0.1, 0.15) is 5.56 Å². The molecule has 1 aromatic heterocycles. The van der Waals surface area contributed by atoms with E-state index in [-0.39, 0.29) is 5.52 Å². The molecule has 0 spiro atoms. The van der Waals surface area contributed by atoms with Crippen LogP contribution < -0.4 is 0 Å². The highest BCUT2D eigenvalue weighted by atomic mass is 32.2. The Bertz CT molecular complexity index is 838. The van der Waals surface area contributed by atoms with Crippen molar-refractivity contribution in [2.24, 2.45) is 0 Å². The molecule has 0 amide bonds. The summed E-state index contributed by atoms with van der Waals surface area (Å²) in [6, 6.07) is 9.63. The first-order valence-corrected chi connectivity index (χ1v) is 6.59. The maximum absolute atomic E-state index is 12.9. The number of nitrogens with zero attached hydrogens (tertiary/aromatic N) is 3. The Morgan fingerprint density at radius 3 is 2.65 bits per heavy atom. The third-order valence-corrected chi connectivity index (χ3v) is 4.25. The standard InChI is InChI=1S/C13H6F3N3S/c14-13(15,16)7-5-8-12-11(6-7)20-10-4-2-1-3-9(10)19(12)18-17-8/h1-6H. The minimum Gasteiger partial charge on any atom is -0.211 e. The zero-order valence-corrected chi connectivity index (χ0v) is 10.7. The number of hydrogen-bond donors (Lipinski definition) is 0. The van der Waals surface area contributed by atoms with Gasteiger partial charge in [-0.1, -0.05) is 29.1 Å². The molecule has 20 heavy (non-hydrogen) atoms. The van der Waals surface area contributed by atoms with Gasteiger partial charge in [-0.2, -0.15) is 13.2 Å². The topological polar surface area (TPSA) is 30.7 Å². The Kier molecular flexibility index (Phi) is 2.21. The lowest BCUT2D eigenvalue weighted by Crippen LogP contribution is -2.07. The van der Waals surface area contributed by atoms with Crippen LogP contribution in [0.4, 0.5) is 13.2 Å². The number of benzene rings is 2.